The number of aliphatic hydroxyl groups is 1. The first-order chi connectivity index (χ1) is 13.4. The second-order valence-corrected chi connectivity index (χ2v) is 6.57. The highest BCUT2D eigenvalue weighted by Crippen LogP contribution is 2.14. The van der Waals surface area contributed by atoms with Crippen LogP contribution in [-0.4, -0.2) is 65.3 Å². The topological polar surface area (TPSA) is 134 Å². The summed E-state index contributed by atoms with van der Waals surface area (Å²) < 4.78 is 9.63. The van der Waals surface area contributed by atoms with Gasteiger partial charge < -0.3 is 30.1 Å². The van der Waals surface area contributed by atoms with Gasteiger partial charge in [0.1, 0.15) is 18.7 Å². The van der Waals surface area contributed by atoms with E-state index < -0.39 is 42.3 Å². The number of nitrogens with one attached hydrogen (secondary N) is 2. The molecule has 10 heteroatoms. The second kappa shape index (κ2) is 8.70. The fourth-order valence-electron chi connectivity index (χ4n) is 3.03. The van der Waals surface area contributed by atoms with Gasteiger partial charge in [0, 0.05) is 6.54 Å². The van der Waals surface area contributed by atoms with Crippen LogP contribution in [0.15, 0.2) is 30.3 Å². The van der Waals surface area contributed by atoms with Crippen LogP contribution in [0.3, 0.4) is 0 Å². The lowest BCUT2D eigenvalue weighted by Gasteiger charge is -2.19. The average Bonchev–Trinajstić information content (AvgIpc) is 3.16. The summed E-state index contributed by atoms with van der Waals surface area (Å²) >= 11 is 0. The number of aliphatic hydroxyl groups excluding tert-OH is 1. The molecule has 3 rings (SSSR count). The number of cyclic esters (lactones) is 1. The number of hydrogen-bond acceptors (Lipinski definition) is 7. The lowest BCUT2D eigenvalue weighted by atomic mass is 10.2. The number of benzene rings is 1. The van der Waals surface area contributed by atoms with E-state index in [0.717, 1.165) is 5.56 Å². The third-order valence-electron chi connectivity index (χ3n) is 4.47. The minimum Gasteiger partial charge on any atom is -0.445 e. The van der Waals surface area contributed by atoms with Crippen LogP contribution in [0.5, 0.6) is 0 Å². The Balaban J connectivity index is 1.42. The van der Waals surface area contributed by atoms with Crippen molar-refractivity contribution in [3.63, 3.8) is 0 Å². The predicted octanol–water partition coefficient (Wildman–Crippen LogP) is -0.736. The Labute approximate surface area is 160 Å². The Bertz CT molecular complexity index is 755. The van der Waals surface area contributed by atoms with Gasteiger partial charge in [-0.1, -0.05) is 30.3 Å². The van der Waals surface area contributed by atoms with Crippen molar-refractivity contribution in [3.8, 4) is 0 Å². The first kappa shape index (κ1) is 19.6. The number of likely N-dealkylation sites (tertiary alicyclic amines) is 1. The minimum atomic E-state index is -1.39. The number of carbonyl (C=O) groups is 4. The van der Waals surface area contributed by atoms with Crippen molar-refractivity contribution in [2.45, 2.75) is 37.8 Å². The van der Waals surface area contributed by atoms with Crippen molar-refractivity contribution in [2.24, 2.45) is 0 Å². The van der Waals surface area contributed by atoms with Crippen molar-refractivity contribution < 1.29 is 33.8 Å². The van der Waals surface area contributed by atoms with E-state index in [1.165, 1.54) is 4.90 Å². The number of nitrogens with zero attached hydrogens (tertiary/aromatic N) is 1. The monoisotopic (exact) mass is 391 g/mol. The maximum Gasteiger partial charge on any atom is 0.408 e. The molecule has 2 fully saturated rings. The molecule has 2 aliphatic heterocycles. The molecule has 1 aromatic rings. The maximum atomic E-state index is 12.4. The van der Waals surface area contributed by atoms with Gasteiger partial charge in [-0.15, -0.1) is 0 Å². The van der Waals surface area contributed by atoms with E-state index in [1.54, 1.807) is 0 Å². The van der Waals surface area contributed by atoms with Gasteiger partial charge in [-0.25, -0.2) is 4.79 Å². The van der Waals surface area contributed by atoms with E-state index in [4.69, 9.17) is 4.74 Å². The largest absolute Gasteiger partial charge is 0.445 e. The Morgan fingerprint density at radius 3 is 2.64 bits per heavy atom. The maximum absolute atomic E-state index is 12.4. The molecule has 0 aromatic heterocycles. The number of hydrogen-bond donors (Lipinski definition) is 3. The fourth-order valence-corrected chi connectivity index (χ4v) is 3.03. The van der Waals surface area contributed by atoms with Crippen LogP contribution in [0.2, 0.25) is 0 Å². The van der Waals surface area contributed by atoms with Crippen LogP contribution < -0.4 is 10.6 Å². The normalized spacial score (nSPS) is 24.0. The van der Waals surface area contributed by atoms with Gasteiger partial charge in [0.05, 0.1) is 13.0 Å². The molecule has 0 spiro atoms. The molecule has 1 unspecified atom stereocenters. The molecule has 2 aliphatic rings. The molecular weight excluding hydrogens is 370 g/mol. The molecule has 0 saturated carbocycles. The van der Waals surface area contributed by atoms with Crippen molar-refractivity contribution in [3.05, 3.63) is 35.9 Å². The van der Waals surface area contributed by atoms with Crippen molar-refractivity contribution in [1.82, 2.24) is 15.5 Å². The zero-order valence-electron chi connectivity index (χ0n) is 15.0. The molecular formula is C18H21N3O7. The predicted molar refractivity (Wildman–Crippen MR) is 93.4 cm³/mol. The summed E-state index contributed by atoms with van der Waals surface area (Å²) in [4.78, 5) is 48.7. The molecule has 0 radical (unpaired) electrons. The molecule has 150 valence electrons. The average molecular weight is 391 g/mol. The summed E-state index contributed by atoms with van der Waals surface area (Å²) in [5.74, 6) is -1.53. The van der Waals surface area contributed by atoms with E-state index in [-0.39, 0.29) is 19.6 Å². The van der Waals surface area contributed by atoms with Gasteiger partial charge in [-0.2, -0.15) is 0 Å². The molecule has 2 saturated heterocycles. The first-order valence-electron chi connectivity index (χ1n) is 8.85. The standard InChI is InChI=1S/C18H21N3O7/c22-14(19-13-8-15(23)28-17(13)25)9-21-7-6-12(16(21)24)20-18(26)27-10-11-4-2-1-3-5-11/h1-5,12-13,17,25H,6-10H2,(H,19,22)(H,20,26)/t12-,13-,17?/m0/s1. The highest BCUT2D eigenvalue weighted by Gasteiger charge is 2.37. The molecule has 3 amide bonds. The number of alkyl carbamates (subject to hydrolysis) is 1. The number of esters is 1. The molecule has 3 N–H and O–H groups in total. The summed E-state index contributed by atoms with van der Waals surface area (Å²) in [6, 6.07) is 7.53. The highest BCUT2D eigenvalue weighted by molar-refractivity contribution is 5.91. The molecule has 3 atom stereocenters. The number of carbonyl (C=O) groups excluding carboxylic acids is 4. The summed E-state index contributed by atoms with van der Waals surface area (Å²) in [5.41, 5.74) is 0.824. The summed E-state index contributed by atoms with van der Waals surface area (Å²) in [7, 11) is 0. The van der Waals surface area contributed by atoms with Crippen molar-refractivity contribution in [1.29, 1.82) is 0 Å². The molecule has 1 aromatic carbocycles. The van der Waals surface area contributed by atoms with Gasteiger partial charge in [0.2, 0.25) is 18.1 Å². The summed E-state index contributed by atoms with van der Waals surface area (Å²) in [6.45, 7) is 0.135. The van der Waals surface area contributed by atoms with Crippen molar-refractivity contribution >= 4 is 23.9 Å². The van der Waals surface area contributed by atoms with Crippen LogP contribution in [0.25, 0.3) is 0 Å². The van der Waals surface area contributed by atoms with Gasteiger partial charge in [0.15, 0.2) is 0 Å². The number of amides is 3. The number of rotatable bonds is 6. The van der Waals surface area contributed by atoms with Gasteiger partial charge in [0.25, 0.3) is 0 Å². The Kier molecular flexibility index (Phi) is 6.09. The molecule has 28 heavy (non-hydrogen) atoms. The van der Waals surface area contributed by atoms with Crippen LogP contribution in [0.4, 0.5) is 4.79 Å². The SMILES string of the molecule is O=C(CN1CC[C@H](NC(=O)OCc2ccccc2)C1=O)N[C@H]1CC(=O)OC1O. The zero-order chi connectivity index (χ0) is 20.1. The van der Waals surface area contributed by atoms with E-state index in [0.29, 0.717) is 13.0 Å². The van der Waals surface area contributed by atoms with Crippen LogP contribution >= 0.6 is 0 Å². The second-order valence-electron chi connectivity index (χ2n) is 6.57. The Morgan fingerprint density at radius 1 is 1.21 bits per heavy atom. The van der Waals surface area contributed by atoms with Gasteiger partial charge in [-0.3, -0.25) is 14.4 Å². The number of ether oxygens (including phenoxy) is 2. The Hall–Kier alpha value is -3.14. The van der Waals surface area contributed by atoms with E-state index in [2.05, 4.69) is 15.4 Å². The van der Waals surface area contributed by atoms with Gasteiger partial charge in [-0.05, 0) is 12.0 Å². The van der Waals surface area contributed by atoms with Crippen LogP contribution in [0, 0.1) is 0 Å². The van der Waals surface area contributed by atoms with Crippen molar-refractivity contribution in [2.75, 3.05) is 13.1 Å². The van der Waals surface area contributed by atoms with E-state index >= 15 is 0 Å². The Morgan fingerprint density at radius 2 is 1.96 bits per heavy atom. The third kappa shape index (κ3) is 4.97. The molecule has 0 bridgehead atoms. The lowest BCUT2D eigenvalue weighted by Crippen LogP contribution is -2.47. The molecule has 10 nitrogen and oxygen atoms in total. The van der Waals surface area contributed by atoms with Gasteiger partial charge >= 0.3 is 12.1 Å². The molecule has 2 heterocycles. The highest BCUT2D eigenvalue weighted by atomic mass is 16.6. The third-order valence-corrected chi connectivity index (χ3v) is 4.47. The molecule has 0 aliphatic carbocycles. The van der Waals surface area contributed by atoms with Crippen LogP contribution in [-0.2, 0) is 30.5 Å². The summed E-state index contributed by atoms with van der Waals surface area (Å²) in [6.07, 6.45) is -1.88. The quantitative estimate of drug-likeness (QED) is 0.544. The zero-order valence-corrected chi connectivity index (χ0v) is 15.0. The first-order valence-corrected chi connectivity index (χ1v) is 8.85. The fraction of sp³-hybridized carbons (Fsp3) is 0.444. The smallest absolute Gasteiger partial charge is 0.408 e. The minimum absolute atomic E-state index is 0.0875. The van der Waals surface area contributed by atoms with Crippen LogP contribution in [0.1, 0.15) is 18.4 Å². The lowest BCUT2D eigenvalue weighted by molar-refractivity contribution is -0.155. The summed E-state index contributed by atoms with van der Waals surface area (Å²) in [5, 5.41) is 14.5. The van der Waals surface area contributed by atoms with E-state index in [1.807, 2.05) is 30.3 Å². The van der Waals surface area contributed by atoms with E-state index in [9.17, 15) is 24.3 Å².